The number of hydrogen-bond donors (Lipinski definition) is 1. The fourth-order valence-corrected chi connectivity index (χ4v) is 2.60. The number of carbonyl (C=O) groups is 1. The molecular formula is C16H23NO4. The molecule has 5 nitrogen and oxygen atoms in total. The molecular weight excluding hydrogens is 270 g/mol. The minimum absolute atomic E-state index is 0.280. The lowest BCUT2D eigenvalue weighted by Crippen LogP contribution is -2.37. The highest BCUT2D eigenvalue weighted by atomic mass is 16.5. The first-order valence-corrected chi connectivity index (χ1v) is 7.36. The van der Waals surface area contributed by atoms with Gasteiger partial charge in [0.15, 0.2) is 0 Å². The molecule has 1 aliphatic rings. The number of benzene rings is 1. The van der Waals surface area contributed by atoms with E-state index in [4.69, 9.17) is 14.6 Å². The summed E-state index contributed by atoms with van der Waals surface area (Å²) < 4.78 is 10.9. The van der Waals surface area contributed by atoms with Crippen LogP contribution < -0.4 is 4.74 Å². The second-order valence-electron chi connectivity index (χ2n) is 5.42. The molecule has 0 unspecified atom stereocenters. The van der Waals surface area contributed by atoms with Gasteiger partial charge in [0.25, 0.3) is 0 Å². The Morgan fingerprint density at radius 3 is 2.52 bits per heavy atom. The number of aromatic carboxylic acids is 1. The van der Waals surface area contributed by atoms with E-state index in [9.17, 15) is 4.79 Å². The highest BCUT2D eigenvalue weighted by Crippen LogP contribution is 2.17. The molecule has 1 aromatic carbocycles. The first-order valence-electron chi connectivity index (χ1n) is 7.36. The van der Waals surface area contributed by atoms with Gasteiger partial charge in [0.2, 0.25) is 0 Å². The van der Waals surface area contributed by atoms with Gasteiger partial charge in [0.1, 0.15) is 12.4 Å². The van der Waals surface area contributed by atoms with Crippen molar-refractivity contribution in [1.29, 1.82) is 0 Å². The van der Waals surface area contributed by atoms with Crippen LogP contribution in [0.15, 0.2) is 24.3 Å². The second kappa shape index (κ2) is 8.00. The van der Waals surface area contributed by atoms with Crippen LogP contribution in [0.3, 0.4) is 0 Å². The third-order valence-electron chi connectivity index (χ3n) is 3.89. The Kier molecular flexibility index (Phi) is 6.02. The number of carboxylic acid groups (broad SMARTS) is 1. The van der Waals surface area contributed by atoms with Gasteiger partial charge in [-0.15, -0.1) is 0 Å². The Morgan fingerprint density at radius 1 is 1.29 bits per heavy atom. The SMILES string of the molecule is COCC1CCN(CCOc2ccc(C(=O)O)cc2)CC1. The number of hydrogen-bond acceptors (Lipinski definition) is 4. The van der Waals surface area contributed by atoms with Gasteiger partial charge in [-0.3, -0.25) is 4.90 Å². The Bertz CT molecular complexity index is 438. The van der Waals surface area contributed by atoms with E-state index in [1.807, 2.05) is 0 Å². The second-order valence-corrected chi connectivity index (χ2v) is 5.42. The van der Waals surface area contributed by atoms with Crippen LogP contribution in [0.1, 0.15) is 23.2 Å². The minimum Gasteiger partial charge on any atom is -0.492 e. The Morgan fingerprint density at radius 2 is 1.95 bits per heavy atom. The van der Waals surface area contributed by atoms with Crippen molar-refractivity contribution < 1.29 is 19.4 Å². The van der Waals surface area contributed by atoms with Gasteiger partial charge in [-0.05, 0) is 56.1 Å². The Labute approximate surface area is 125 Å². The number of piperidine rings is 1. The zero-order chi connectivity index (χ0) is 15.1. The van der Waals surface area contributed by atoms with Crippen LogP contribution in [0.5, 0.6) is 5.75 Å². The fraction of sp³-hybridized carbons (Fsp3) is 0.562. The Hall–Kier alpha value is -1.59. The van der Waals surface area contributed by atoms with E-state index < -0.39 is 5.97 Å². The molecule has 0 aliphatic carbocycles. The molecule has 1 heterocycles. The summed E-state index contributed by atoms with van der Waals surface area (Å²) in [5.41, 5.74) is 0.280. The van der Waals surface area contributed by atoms with E-state index in [0.717, 1.165) is 26.2 Å². The average molecular weight is 293 g/mol. The molecule has 1 aromatic rings. The number of methoxy groups -OCH3 is 1. The molecule has 2 rings (SSSR count). The van der Waals surface area contributed by atoms with Crippen molar-refractivity contribution in [3.05, 3.63) is 29.8 Å². The van der Waals surface area contributed by atoms with Crippen LogP contribution in [-0.2, 0) is 4.74 Å². The number of rotatable bonds is 7. The molecule has 0 spiro atoms. The lowest BCUT2D eigenvalue weighted by molar-refractivity contribution is 0.0697. The molecule has 0 radical (unpaired) electrons. The maximum absolute atomic E-state index is 10.7. The van der Waals surface area contributed by atoms with E-state index in [0.29, 0.717) is 18.3 Å². The van der Waals surface area contributed by atoms with Crippen molar-refractivity contribution in [2.24, 2.45) is 5.92 Å². The summed E-state index contributed by atoms with van der Waals surface area (Å²) in [6.07, 6.45) is 2.36. The Balaban J connectivity index is 1.67. The van der Waals surface area contributed by atoms with Gasteiger partial charge in [0, 0.05) is 20.3 Å². The maximum atomic E-state index is 10.7. The van der Waals surface area contributed by atoms with E-state index in [1.54, 1.807) is 31.4 Å². The van der Waals surface area contributed by atoms with Crippen LogP contribution in [0, 0.1) is 5.92 Å². The molecule has 21 heavy (non-hydrogen) atoms. The quantitative estimate of drug-likeness (QED) is 0.834. The molecule has 5 heteroatoms. The van der Waals surface area contributed by atoms with Crippen molar-refractivity contribution in [2.45, 2.75) is 12.8 Å². The standard InChI is InChI=1S/C16H23NO4/c1-20-12-13-6-8-17(9-7-13)10-11-21-15-4-2-14(3-5-15)16(18)19/h2-5,13H,6-12H2,1H3,(H,18,19). The van der Waals surface area contributed by atoms with Gasteiger partial charge < -0.3 is 14.6 Å². The molecule has 1 aliphatic heterocycles. The monoisotopic (exact) mass is 293 g/mol. The van der Waals surface area contributed by atoms with Crippen LogP contribution in [-0.4, -0.2) is 55.9 Å². The van der Waals surface area contributed by atoms with Crippen molar-refractivity contribution in [3.63, 3.8) is 0 Å². The average Bonchev–Trinajstić information content (AvgIpc) is 2.50. The highest BCUT2D eigenvalue weighted by Gasteiger charge is 2.18. The topological polar surface area (TPSA) is 59.0 Å². The number of nitrogens with zero attached hydrogens (tertiary/aromatic N) is 1. The summed E-state index contributed by atoms with van der Waals surface area (Å²) in [6.45, 7) is 4.58. The smallest absolute Gasteiger partial charge is 0.335 e. The van der Waals surface area contributed by atoms with E-state index in [1.165, 1.54) is 12.8 Å². The van der Waals surface area contributed by atoms with E-state index >= 15 is 0 Å². The molecule has 1 N–H and O–H groups in total. The molecule has 0 bridgehead atoms. The molecule has 1 fully saturated rings. The number of carboxylic acids is 1. The van der Waals surface area contributed by atoms with Gasteiger partial charge in [0.05, 0.1) is 5.56 Å². The van der Waals surface area contributed by atoms with Crippen molar-refractivity contribution in [1.82, 2.24) is 4.90 Å². The minimum atomic E-state index is -0.916. The maximum Gasteiger partial charge on any atom is 0.335 e. The van der Waals surface area contributed by atoms with Gasteiger partial charge >= 0.3 is 5.97 Å². The highest BCUT2D eigenvalue weighted by molar-refractivity contribution is 5.87. The summed E-state index contributed by atoms with van der Waals surface area (Å²) in [5.74, 6) is 0.491. The molecule has 0 saturated carbocycles. The molecule has 0 aromatic heterocycles. The fourth-order valence-electron chi connectivity index (χ4n) is 2.60. The summed E-state index contributed by atoms with van der Waals surface area (Å²) >= 11 is 0. The predicted octanol–water partition coefficient (Wildman–Crippen LogP) is 2.12. The van der Waals surface area contributed by atoms with Crippen molar-refractivity contribution >= 4 is 5.97 Å². The van der Waals surface area contributed by atoms with Crippen LogP contribution >= 0.6 is 0 Å². The third-order valence-corrected chi connectivity index (χ3v) is 3.89. The summed E-state index contributed by atoms with van der Waals surface area (Å²) in [6, 6.07) is 6.53. The van der Waals surface area contributed by atoms with Crippen LogP contribution in [0.25, 0.3) is 0 Å². The molecule has 0 atom stereocenters. The number of ether oxygens (including phenoxy) is 2. The zero-order valence-corrected chi connectivity index (χ0v) is 12.5. The first kappa shape index (κ1) is 15.8. The van der Waals surface area contributed by atoms with Gasteiger partial charge in [-0.2, -0.15) is 0 Å². The van der Waals surface area contributed by atoms with Gasteiger partial charge in [-0.1, -0.05) is 0 Å². The molecule has 0 amide bonds. The van der Waals surface area contributed by atoms with E-state index in [-0.39, 0.29) is 5.56 Å². The first-order chi connectivity index (χ1) is 10.2. The third kappa shape index (κ3) is 5.02. The summed E-state index contributed by atoms with van der Waals surface area (Å²) in [5, 5.41) is 8.83. The van der Waals surface area contributed by atoms with Crippen molar-refractivity contribution in [3.8, 4) is 5.75 Å². The lowest BCUT2D eigenvalue weighted by atomic mass is 9.98. The molecule has 116 valence electrons. The lowest BCUT2D eigenvalue weighted by Gasteiger charge is -2.31. The van der Waals surface area contributed by atoms with Gasteiger partial charge in [-0.25, -0.2) is 4.79 Å². The number of likely N-dealkylation sites (tertiary alicyclic amines) is 1. The van der Waals surface area contributed by atoms with Crippen LogP contribution in [0.4, 0.5) is 0 Å². The zero-order valence-electron chi connectivity index (χ0n) is 12.5. The predicted molar refractivity (Wildman–Crippen MR) is 79.9 cm³/mol. The summed E-state index contributed by atoms with van der Waals surface area (Å²) in [7, 11) is 1.76. The normalized spacial score (nSPS) is 16.8. The van der Waals surface area contributed by atoms with Crippen LogP contribution in [0.2, 0.25) is 0 Å². The van der Waals surface area contributed by atoms with E-state index in [2.05, 4.69) is 4.90 Å². The molecule has 1 saturated heterocycles. The van der Waals surface area contributed by atoms with Crippen molar-refractivity contribution in [2.75, 3.05) is 40.0 Å². The summed E-state index contributed by atoms with van der Waals surface area (Å²) in [4.78, 5) is 13.2. The largest absolute Gasteiger partial charge is 0.492 e.